The highest BCUT2D eigenvalue weighted by molar-refractivity contribution is 7.92. The van der Waals surface area contributed by atoms with Crippen molar-refractivity contribution in [3.05, 3.63) is 54.6 Å². The van der Waals surface area contributed by atoms with Crippen LogP contribution < -0.4 is 15.0 Å². The Morgan fingerprint density at radius 1 is 1.04 bits per heavy atom. The molecule has 2 aromatic carbocycles. The zero-order valence-corrected chi connectivity index (χ0v) is 14.2. The van der Waals surface area contributed by atoms with Crippen LogP contribution in [-0.4, -0.2) is 37.5 Å². The van der Waals surface area contributed by atoms with E-state index in [-0.39, 0.29) is 10.6 Å². The molecule has 11 heteroatoms. The predicted molar refractivity (Wildman–Crippen MR) is 87.6 cm³/mol. The van der Waals surface area contributed by atoms with Crippen molar-refractivity contribution in [2.75, 3.05) is 4.90 Å². The van der Waals surface area contributed by atoms with E-state index in [9.17, 15) is 31.5 Å². The number of halogens is 3. The topological polar surface area (TPSA) is 95.9 Å². The van der Waals surface area contributed by atoms with Crippen LogP contribution in [0.4, 0.5) is 23.7 Å². The van der Waals surface area contributed by atoms with Crippen molar-refractivity contribution in [2.45, 2.75) is 22.9 Å². The predicted octanol–water partition coefficient (Wildman–Crippen LogP) is 2.23. The number of hydrogen-bond acceptors (Lipinski definition) is 5. The molecule has 2 unspecified atom stereocenters. The minimum Gasteiger partial charge on any atom is -0.406 e. The van der Waals surface area contributed by atoms with E-state index in [1.54, 1.807) is 6.07 Å². The van der Waals surface area contributed by atoms with Crippen molar-refractivity contribution in [3.8, 4) is 5.75 Å². The van der Waals surface area contributed by atoms with Crippen molar-refractivity contribution in [2.24, 2.45) is 0 Å². The van der Waals surface area contributed by atoms with E-state index in [0.717, 1.165) is 29.2 Å². The number of alkyl halides is 3. The molecule has 0 aliphatic carbocycles. The number of hydrogen-bond donors (Lipinski definition) is 2. The highest BCUT2D eigenvalue weighted by Gasteiger charge is 2.47. The third-order valence-electron chi connectivity index (χ3n) is 3.77. The summed E-state index contributed by atoms with van der Waals surface area (Å²) >= 11 is 0. The van der Waals surface area contributed by atoms with Gasteiger partial charge in [-0.25, -0.2) is 13.2 Å². The number of nitrogens with zero attached hydrogens (tertiary/aromatic N) is 1. The van der Waals surface area contributed by atoms with Gasteiger partial charge in [0, 0.05) is 5.69 Å². The molecule has 2 atom stereocenters. The molecule has 1 heterocycles. The molecule has 1 aliphatic rings. The number of aliphatic hydroxyl groups excluding tert-OH is 1. The lowest BCUT2D eigenvalue weighted by Crippen LogP contribution is -2.41. The second kappa shape index (κ2) is 6.74. The summed E-state index contributed by atoms with van der Waals surface area (Å²) in [6, 6.07) is 10.4. The Morgan fingerprint density at radius 2 is 1.63 bits per heavy atom. The lowest BCUT2D eigenvalue weighted by molar-refractivity contribution is -0.274. The summed E-state index contributed by atoms with van der Waals surface area (Å²) in [6.07, 6.45) is -6.65. The van der Waals surface area contributed by atoms with Gasteiger partial charge in [0.2, 0.25) is 9.84 Å². The summed E-state index contributed by atoms with van der Waals surface area (Å²) in [5.74, 6) is -0.520. The summed E-state index contributed by atoms with van der Waals surface area (Å²) < 4.78 is 65.6. The quantitative estimate of drug-likeness (QED) is 0.818. The first-order valence-corrected chi connectivity index (χ1v) is 9.07. The number of nitrogens with one attached hydrogen (secondary N) is 1. The minimum absolute atomic E-state index is 0.000265. The Kier molecular flexibility index (Phi) is 4.74. The number of amides is 2. The van der Waals surface area contributed by atoms with Crippen LogP contribution in [0.1, 0.15) is 0 Å². The first-order valence-electron chi connectivity index (χ1n) is 7.52. The van der Waals surface area contributed by atoms with Gasteiger partial charge in [0.1, 0.15) is 5.75 Å². The van der Waals surface area contributed by atoms with Crippen LogP contribution in [-0.2, 0) is 9.84 Å². The van der Waals surface area contributed by atoms with Crippen LogP contribution >= 0.6 is 0 Å². The summed E-state index contributed by atoms with van der Waals surface area (Å²) in [4.78, 5) is 12.8. The van der Waals surface area contributed by atoms with E-state index in [1.807, 2.05) is 0 Å². The number of sulfone groups is 1. The number of urea groups is 1. The monoisotopic (exact) mass is 402 g/mol. The summed E-state index contributed by atoms with van der Waals surface area (Å²) in [6.45, 7) is 0. The lowest BCUT2D eigenvalue weighted by Gasteiger charge is -2.22. The SMILES string of the molecule is O=C1NC(S(=O)(=O)c2ccccc2)C(O)N1c1ccc(OC(F)(F)F)cc1. The second-order valence-corrected chi connectivity index (χ2v) is 7.62. The van der Waals surface area contributed by atoms with Gasteiger partial charge in [-0.3, -0.25) is 4.90 Å². The Hall–Kier alpha value is -2.79. The first kappa shape index (κ1) is 19.0. The normalized spacial score (nSPS) is 20.4. The van der Waals surface area contributed by atoms with Gasteiger partial charge in [-0.05, 0) is 36.4 Å². The van der Waals surface area contributed by atoms with Crippen molar-refractivity contribution >= 4 is 21.6 Å². The molecule has 0 bridgehead atoms. The maximum absolute atomic E-state index is 12.6. The Labute approximate surface area is 151 Å². The van der Waals surface area contributed by atoms with Crippen LogP contribution in [0.3, 0.4) is 0 Å². The van der Waals surface area contributed by atoms with Crippen molar-refractivity contribution < 1.29 is 36.2 Å². The van der Waals surface area contributed by atoms with Gasteiger partial charge in [0.05, 0.1) is 4.90 Å². The fraction of sp³-hybridized carbons (Fsp3) is 0.188. The molecule has 2 N–H and O–H groups in total. The fourth-order valence-electron chi connectivity index (χ4n) is 2.59. The second-order valence-electron chi connectivity index (χ2n) is 5.55. The standard InChI is InChI=1S/C16H13F3N2O5S/c17-16(18,19)26-11-8-6-10(7-9-11)21-14(22)13(20-15(21)23)27(24,25)12-4-2-1-3-5-12/h1-9,13-14,22H,(H,20,23). The van der Waals surface area contributed by atoms with E-state index >= 15 is 0 Å². The van der Waals surface area contributed by atoms with Gasteiger partial charge in [-0.2, -0.15) is 0 Å². The summed E-state index contributed by atoms with van der Waals surface area (Å²) in [5, 5.41) is 10.9. The molecule has 144 valence electrons. The molecule has 7 nitrogen and oxygen atoms in total. The van der Waals surface area contributed by atoms with E-state index in [4.69, 9.17) is 0 Å². The first-order chi connectivity index (χ1) is 12.6. The molecule has 3 rings (SSSR count). The molecular formula is C16H13F3N2O5S. The van der Waals surface area contributed by atoms with Crippen LogP contribution in [0.15, 0.2) is 59.5 Å². The Bertz CT molecular complexity index is 933. The van der Waals surface area contributed by atoms with Crippen LogP contribution in [0.2, 0.25) is 0 Å². The van der Waals surface area contributed by atoms with E-state index in [0.29, 0.717) is 0 Å². The molecule has 1 fully saturated rings. The number of ether oxygens (including phenoxy) is 1. The zero-order valence-electron chi connectivity index (χ0n) is 13.4. The molecule has 0 spiro atoms. The average molecular weight is 402 g/mol. The van der Waals surface area contributed by atoms with Gasteiger partial charge >= 0.3 is 12.4 Å². The van der Waals surface area contributed by atoms with Gasteiger partial charge in [0.25, 0.3) is 0 Å². The van der Waals surface area contributed by atoms with E-state index in [2.05, 4.69) is 10.1 Å². The van der Waals surface area contributed by atoms with Crippen LogP contribution in [0, 0.1) is 0 Å². The van der Waals surface area contributed by atoms with Gasteiger partial charge in [-0.15, -0.1) is 13.2 Å². The maximum Gasteiger partial charge on any atom is 0.573 e. The molecule has 2 aromatic rings. The van der Waals surface area contributed by atoms with E-state index in [1.165, 1.54) is 24.3 Å². The molecule has 1 aliphatic heterocycles. The number of carbonyl (C=O) groups excluding carboxylic acids is 1. The van der Waals surface area contributed by atoms with Crippen molar-refractivity contribution in [3.63, 3.8) is 0 Å². The van der Waals surface area contributed by atoms with Crippen molar-refractivity contribution in [1.82, 2.24) is 5.32 Å². The molecule has 2 amide bonds. The van der Waals surface area contributed by atoms with Gasteiger partial charge in [-0.1, -0.05) is 18.2 Å². The van der Waals surface area contributed by atoms with Gasteiger partial charge in [0.15, 0.2) is 11.6 Å². The number of benzene rings is 2. The zero-order chi connectivity index (χ0) is 19.8. The molecule has 0 saturated carbocycles. The lowest BCUT2D eigenvalue weighted by atomic mass is 10.3. The largest absolute Gasteiger partial charge is 0.573 e. The molecule has 27 heavy (non-hydrogen) atoms. The Balaban J connectivity index is 1.85. The number of anilines is 1. The maximum atomic E-state index is 12.6. The highest BCUT2D eigenvalue weighted by Crippen LogP contribution is 2.30. The molecule has 1 saturated heterocycles. The molecule has 0 radical (unpaired) electrons. The number of aliphatic hydroxyl groups is 1. The van der Waals surface area contributed by atoms with Crippen molar-refractivity contribution in [1.29, 1.82) is 0 Å². The van der Waals surface area contributed by atoms with Crippen LogP contribution in [0.25, 0.3) is 0 Å². The Morgan fingerprint density at radius 3 is 2.19 bits per heavy atom. The molecular weight excluding hydrogens is 389 g/mol. The average Bonchev–Trinajstić information content (AvgIpc) is 2.90. The van der Waals surface area contributed by atoms with E-state index < -0.39 is 39.6 Å². The smallest absolute Gasteiger partial charge is 0.406 e. The van der Waals surface area contributed by atoms with Crippen LogP contribution in [0.5, 0.6) is 5.75 Å². The highest BCUT2D eigenvalue weighted by atomic mass is 32.2. The number of carbonyl (C=O) groups is 1. The third kappa shape index (κ3) is 3.83. The minimum atomic E-state index is -4.87. The molecule has 0 aromatic heterocycles. The third-order valence-corrected chi connectivity index (χ3v) is 5.73. The van der Waals surface area contributed by atoms with Gasteiger partial charge < -0.3 is 15.2 Å². The number of rotatable bonds is 4. The summed E-state index contributed by atoms with van der Waals surface area (Å²) in [5.41, 5.74) is 0.000265. The fourth-order valence-corrected chi connectivity index (χ4v) is 4.12. The summed E-state index contributed by atoms with van der Waals surface area (Å²) in [7, 11) is -4.09.